The van der Waals surface area contributed by atoms with Gasteiger partial charge in [-0.15, -0.1) is 10.2 Å². The summed E-state index contributed by atoms with van der Waals surface area (Å²) >= 11 is 5.94. The number of anilines is 1. The molecule has 0 N–H and O–H groups in total. The molecule has 0 spiro atoms. The van der Waals surface area contributed by atoms with Gasteiger partial charge in [0.1, 0.15) is 23.4 Å². The van der Waals surface area contributed by atoms with Gasteiger partial charge in [0.25, 0.3) is 0 Å². The topological polar surface area (TPSA) is 70.6 Å². The van der Waals surface area contributed by atoms with Crippen LogP contribution in [0.5, 0.6) is 0 Å². The maximum absolute atomic E-state index is 9.67. The van der Waals surface area contributed by atoms with Crippen LogP contribution in [0.15, 0.2) is 42.9 Å². The van der Waals surface area contributed by atoms with E-state index in [-0.39, 0.29) is 0 Å². The number of rotatable bonds is 3. The molecule has 1 saturated heterocycles. The number of nitrogens with zero attached hydrogens (tertiary/aromatic N) is 6. The first-order valence-electron chi connectivity index (χ1n) is 8.91. The van der Waals surface area contributed by atoms with Gasteiger partial charge in [0.2, 0.25) is 0 Å². The van der Waals surface area contributed by atoms with Gasteiger partial charge in [-0.05, 0) is 31.0 Å². The van der Waals surface area contributed by atoms with E-state index in [9.17, 15) is 5.26 Å². The fourth-order valence-electron chi connectivity index (χ4n) is 3.77. The monoisotopic (exact) mass is 378 g/mol. The van der Waals surface area contributed by atoms with Gasteiger partial charge in [0.05, 0.1) is 11.3 Å². The highest BCUT2D eigenvalue weighted by molar-refractivity contribution is 6.29. The number of aromatic nitrogens is 4. The van der Waals surface area contributed by atoms with E-state index in [0.29, 0.717) is 16.6 Å². The van der Waals surface area contributed by atoms with Gasteiger partial charge in [0.15, 0.2) is 0 Å². The van der Waals surface area contributed by atoms with E-state index in [0.717, 1.165) is 48.6 Å². The van der Waals surface area contributed by atoms with Crippen molar-refractivity contribution in [3.05, 3.63) is 59.4 Å². The summed E-state index contributed by atoms with van der Waals surface area (Å²) in [6.07, 6.45) is 5.46. The predicted octanol–water partition coefficient (Wildman–Crippen LogP) is 3.79. The lowest BCUT2D eigenvalue weighted by Crippen LogP contribution is -2.34. The van der Waals surface area contributed by atoms with Crippen molar-refractivity contribution in [3.63, 3.8) is 0 Å². The molecule has 136 valence electrons. The molecule has 0 unspecified atom stereocenters. The summed E-state index contributed by atoms with van der Waals surface area (Å²) in [7, 11) is 1.98. The SMILES string of the molecule is Cn1cnnc1C1CCN(c2c(C#N)cccc2-c2ccc(Cl)nc2)CC1. The predicted molar refractivity (Wildman–Crippen MR) is 105 cm³/mol. The van der Waals surface area contributed by atoms with E-state index in [4.69, 9.17) is 11.6 Å². The van der Waals surface area contributed by atoms with Gasteiger partial charge < -0.3 is 9.47 Å². The summed E-state index contributed by atoms with van der Waals surface area (Å²) < 4.78 is 1.99. The minimum atomic E-state index is 0.392. The van der Waals surface area contributed by atoms with Crippen LogP contribution in [0.3, 0.4) is 0 Å². The number of hydrogen-bond donors (Lipinski definition) is 0. The second-order valence-corrected chi connectivity index (χ2v) is 7.13. The van der Waals surface area contributed by atoms with E-state index in [1.807, 2.05) is 35.9 Å². The van der Waals surface area contributed by atoms with Crippen molar-refractivity contribution in [2.45, 2.75) is 18.8 Å². The Bertz CT molecular complexity index is 980. The third-order valence-electron chi connectivity index (χ3n) is 5.12. The quantitative estimate of drug-likeness (QED) is 0.648. The zero-order chi connectivity index (χ0) is 18.8. The lowest BCUT2D eigenvalue weighted by molar-refractivity contribution is 0.474. The minimum Gasteiger partial charge on any atom is -0.370 e. The maximum Gasteiger partial charge on any atom is 0.135 e. The van der Waals surface area contributed by atoms with E-state index in [1.54, 1.807) is 18.6 Å². The van der Waals surface area contributed by atoms with Crippen LogP contribution in [0.4, 0.5) is 5.69 Å². The highest BCUT2D eigenvalue weighted by atomic mass is 35.5. The Labute approximate surface area is 163 Å². The molecule has 1 aliphatic rings. The average Bonchev–Trinajstić information content (AvgIpc) is 3.14. The molecule has 4 rings (SSSR count). The molecular weight excluding hydrogens is 360 g/mol. The normalized spacial score (nSPS) is 14.9. The molecule has 1 aromatic carbocycles. The summed E-state index contributed by atoms with van der Waals surface area (Å²) in [5.41, 5.74) is 3.62. The molecule has 27 heavy (non-hydrogen) atoms. The molecule has 1 aliphatic heterocycles. The lowest BCUT2D eigenvalue weighted by Gasteiger charge is -2.35. The zero-order valence-electron chi connectivity index (χ0n) is 15.0. The molecule has 7 heteroatoms. The molecule has 1 fully saturated rings. The second kappa shape index (κ2) is 7.37. The Kier molecular flexibility index (Phi) is 4.78. The Balaban J connectivity index is 1.65. The van der Waals surface area contributed by atoms with Crippen molar-refractivity contribution in [3.8, 4) is 17.2 Å². The third-order valence-corrected chi connectivity index (χ3v) is 5.34. The van der Waals surface area contributed by atoms with Gasteiger partial charge in [-0.1, -0.05) is 23.7 Å². The summed E-state index contributed by atoms with van der Waals surface area (Å²) in [5, 5.41) is 18.4. The van der Waals surface area contributed by atoms with Crippen molar-refractivity contribution in [2.75, 3.05) is 18.0 Å². The summed E-state index contributed by atoms with van der Waals surface area (Å²) in [6, 6.07) is 11.9. The Morgan fingerprint density at radius 2 is 2.00 bits per heavy atom. The Morgan fingerprint density at radius 3 is 2.63 bits per heavy atom. The first-order chi connectivity index (χ1) is 13.2. The minimum absolute atomic E-state index is 0.392. The van der Waals surface area contributed by atoms with Crippen LogP contribution >= 0.6 is 11.6 Å². The van der Waals surface area contributed by atoms with Crippen LogP contribution in [0, 0.1) is 11.3 Å². The van der Waals surface area contributed by atoms with Crippen molar-refractivity contribution in [2.24, 2.45) is 7.05 Å². The summed E-state index contributed by atoms with van der Waals surface area (Å²) in [6.45, 7) is 1.73. The van der Waals surface area contributed by atoms with Gasteiger partial charge in [0, 0.05) is 43.4 Å². The van der Waals surface area contributed by atoms with E-state index >= 15 is 0 Å². The number of hydrogen-bond acceptors (Lipinski definition) is 5. The number of para-hydroxylation sites is 1. The first-order valence-corrected chi connectivity index (χ1v) is 9.29. The Morgan fingerprint density at radius 1 is 1.19 bits per heavy atom. The lowest BCUT2D eigenvalue weighted by atomic mass is 9.93. The van der Waals surface area contributed by atoms with E-state index in [2.05, 4.69) is 26.2 Å². The molecule has 0 saturated carbocycles. The number of benzene rings is 1. The average molecular weight is 379 g/mol. The molecule has 0 bridgehead atoms. The van der Waals surface area contributed by atoms with Crippen LogP contribution < -0.4 is 4.90 Å². The Hall–Kier alpha value is -2.91. The van der Waals surface area contributed by atoms with Crippen molar-refractivity contribution in [1.82, 2.24) is 19.7 Å². The van der Waals surface area contributed by atoms with Crippen LogP contribution in [-0.2, 0) is 7.05 Å². The van der Waals surface area contributed by atoms with Gasteiger partial charge >= 0.3 is 0 Å². The van der Waals surface area contributed by atoms with Crippen molar-refractivity contribution < 1.29 is 0 Å². The van der Waals surface area contributed by atoms with Crippen LogP contribution in [0.25, 0.3) is 11.1 Å². The largest absolute Gasteiger partial charge is 0.370 e. The number of nitriles is 1. The van der Waals surface area contributed by atoms with Crippen LogP contribution in [0.2, 0.25) is 5.15 Å². The molecular formula is C20H19ClN6. The fraction of sp³-hybridized carbons (Fsp3) is 0.300. The van der Waals surface area contributed by atoms with E-state index in [1.165, 1.54) is 0 Å². The highest BCUT2D eigenvalue weighted by Gasteiger charge is 2.26. The molecule has 3 heterocycles. The number of halogens is 1. The standard InChI is InChI=1S/C20H19ClN6/c1-26-13-24-25-20(26)14-7-9-27(10-8-14)19-15(11-22)3-2-4-17(19)16-5-6-18(21)23-12-16/h2-6,12-14H,7-10H2,1H3. The maximum atomic E-state index is 9.67. The van der Waals surface area contributed by atoms with Gasteiger partial charge in [-0.25, -0.2) is 4.98 Å². The smallest absolute Gasteiger partial charge is 0.135 e. The fourth-order valence-corrected chi connectivity index (χ4v) is 3.88. The van der Waals surface area contributed by atoms with Crippen LogP contribution in [-0.4, -0.2) is 32.8 Å². The highest BCUT2D eigenvalue weighted by Crippen LogP contribution is 2.37. The molecule has 0 atom stereocenters. The number of aryl methyl sites for hydroxylation is 1. The summed E-state index contributed by atoms with van der Waals surface area (Å²) in [5.74, 6) is 1.42. The molecule has 3 aromatic rings. The molecule has 0 amide bonds. The molecule has 2 aromatic heterocycles. The number of pyridine rings is 1. The molecule has 0 aliphatic carbocycles. The molecule has 6 nitrogen and oxygen atoms in total. The van der Waals surface area contributed by atoms with Crippen molar-refractivity contribution in [1.29, 1.82) is 5.26 Å². The zero-order valence-corrected chi connectivity index (χ0v) is 15.8. The van der Waals surface area contributed by atoms with Gasteiger partial charge in [-0.3, -0.25) is 0 Å². The third kappa shape index (κ3) is 3.38. The van der Waals surface area contributed by atoms with Gasteiger partial charge in [-0.2, -0.15) is 5.26 Å². The van der Waals surface area contributed by atoms with Crippen LogP contribution in [0.1, 0.15) is 30.1 Å². The summed E-state index contributed by atoms with van der Waals surface area (Å²) in [4.78, 5) is 6.50. The second-order valence-electron chi connectivity index (χ2n) is 6.74. The molecule has 0 radical (unpaired) electrons. The number of piperidine rings is 1. The van der Waals surface area contributed by atoms with Crippen molar-refractivity contribution >= 4 is 17.3 Å². The first kappa shape index (κ1) is 17.5. The van der Waals surface area contributed by atoms with E-state index < -0.39 is 0 Å².